The highest BCUT2D eigenvalue weighted by atomic mass is 32.2. The number of nitrogens with two attached hydrogens (primary N) is 1. The Morgan fingerprint density at radius 1 is 1.44 bits per heavy atom. The molecule has 100 valence electrons. The zero-order chi connectivity index (χ0) is 13.4. The lowest BCUT2D eigenvalue weighted by molar-refractivity contribution is -0.0271. The van der Waals surface area contributed by atoms with E-state index >= 15 is 0 Å². The standard InChI is InChI=1S/C11H15FN2O3S/c12-9-6-8(13)2-3-10(9)18(16,17)14-7-11(15)4-1-5-11/h2-3,6,14-15H,1,4-5,7,13H2. The first-order valence-corrected chi connectivity index (χ1v) is 7.08. The summed E-state index contributed by atoms with van der Waals surface area (Å²) < 4.78 is 39.4. The molecule has 0 bridgehead atoms. The summed E-state index contributed by atoms with van der Waals surface area (Å²) in [5.74, 6) is -0.900. The van der Waals surface area contributed by atoms with Gasteiger partial charge in [-0.1, -0.05) is 0 Å². The average molecular weight is 274 g/mol. The molecule has 18 heavy (non-hydrogen) atoms. The Morgan fingerprint density at radius 2 is 2.11 bits per heavy atom. The smallest absolute Gasteiger partial charge is 0.243 e. The molecule has 0 radical (unpaired) electrons. The van der Waals surface area contributed by atoms with Gasteiger partial charge in [0.15, 0.2) is 0 Å². The van der Waals surface area contributed by atoms with Crippen LogP contribution >= 0.6 is 0 Å². The third kappa shape index (κ3) is 2.63. The van der Waals surface area contributed by atoms with Gasteiger partial charge in [-0.15, -0.1) is 0 Å². The van der Waals surface area contributed by atoms with E-state index in [-0.39, 0.29) is 12.2 Å². The molecule has 1 aliphatic rings. The van der Waals surface area contributed by atoms with Gasteiger partial charge in [0.05, 0.1) is 5.60 Å². The van der Waals surface area contributed by atoms with E-state index in [1.54, 1.807) is 0 Å². The molecule has 7 heteroatoms. The highest BCUT2D eigenvalue weighted by Crippen LogP contribution is 2.31. The summed E-state index contributed by atoms with van der Waals surface area (Å²) in [5.41, 5.74) is 4.52. The Bertz CT molecular complexity index is 555. The number of nitrogen functional groups attached to an aromatic ring is 1. The third-order valence-electron chi connectivity index (χ3n) is 3.12. The summed E-state index contributed by atoms with van der Waals surface area (Å²) in [6, 6.07) is 3.38. The molecule has 5 nitrogen and oxygen atoms in total. The maximum absolute atomic E-state index is 13.5. The zero-order valence-corrected chi connectivity index (χ0v) is 10.5. The van der Waals surface area contributed by atoms with Crippen LogP contribution in [0.1, 0.15) is 19.3 Å². The van der Waals surface area contributed by atoms with E-state index in [0.717, 1.165) is 18.6 Å². The van der Waals surface area contributed by atoms with Crippen molar-refractivity contribution in [2.45, 2.75) is 29.8 Å². The van der Waals surface area contributed by atoms with Crippen molar-refractivity contribution in [3.8, 4) is 0 Å². The number of sulfonamides is 1. The molecular formula is C11H15FN2O3S. The second kappa shape index (κ2) is 4.49. The number of aliphatic hydroxyl groups is 1. The van der Waals surface area contributed by atoms with E-state index in [2.05, 4.69) is 4.72 Å². The molecule has 0 amide bonds. The maximum Gasteiger partial charge on any atom is 0.243 e. The molecule has 0 atom stereocenters. The monoisotopic (exact) mass is 274 g/mol. The lowest BCUT2D eigenvalue weighted by Crippen LogP contribution is -2.47. The predicted octanol–water partition coefficient (Wildman–Crippen LogP) is 0.601. The molecule has 0 saturated heterocycles. The summed E-state index contributed by atoms with van der Waals surface area (Å²) >= 11 is 0. The van der Waals surface area contributed by atoms with Crippen molar-refractivity contribution in [1.82, 2.24) is 4.72 Å². The van der Waals surface area contributed by atoms with Crippen LogP contribution in [0.3, 0.4) is 0 Å². The molecule has 0 aromatic heterocycles. The summed E-state index contributed by atoms with van der Waals surface area (Å²) in [6.45, 7) is -0.0981. The molecule has 1 aromatic rings. The second-order valence-corrected chi connectivity index (χ2v) is 6.33. The van der Waals surface area contributed by atoms with Crippen LogP contribution in [0, 0.1) is 5.82 Å². The van der Waals surface area contributed by atoms with Crippen LogP contribution in [0.5, 0.6) is 0 Å². The van der Waals surface area contributed by atoms with Gasteiger partial charge in [-0.3, -0.25) is 0 Å². The molecule has 0 aliphatic heterocycles. The number of nitrogens with one attached hydrogen (secondary N) is 1. The van der Waals surface area contributed by atoms with Gasteiger partial charge in [-0.25, -0.2) is 17.5 Å². The molecule has 1 aliphatic carbocycles. The van der Waals surface area contributed by atoms with Crippen LogP contribution in [0.15, 0.2) is 23.1 Å². The Balaban J connectivity index is 2.15. The average Bonchev–Trinajstić information content (AvgIpc) is 2.23. The highest BCUT2D eigenvalue weighted by molar-refractivity contribution is 7.89. The summed E-state index contributed by atoms with van der Waals surface area (Å²) in [4.78, 5) is -0.459. The van der Waals surface area contributed by atoms with Crippen LogP contribution in [-0.4, -0.2) is 25.7 Å². The number of anilines is 1. The Hall–Kier alpha value is -1.18. The number of benzene rings is 1. The normalized spacial score (nSPS) is 18.3. The largest absolute Gasteiger partial charge is 0.399 e. The summed E-state index contributed by atoms with van der Waals surface area (Å²) in [5, 5.41) is 9.79. The van der Waals surface area contributed by atoms with Gasteiger partial charge in [-0.2, -0.15) is 0 Å². The van der Waals surface area contributed by atoms with Gasteiger partial charge in [-0.05, 0) is 37.5 Å². The number of halogens is 1. The number of rotatable bonds is 4. The number of hydrogen-bond acceptors (Lipinski definition) is 4. The van der Waals surface area contributed by atoms with Gasteiger partial charge in [0.2, 0.25) is 10.0 Å². The molecule has 2 rings (SSSR count). The van der Waals surface area contributed by atoms with Gasteiger partial charge in [0, 0.05) is 12.2 Å². The Labute approximate surface area is 105 Å². The molecule has 1 fully saturated rings. The summed E-state index contributed by atoms with van der Waals surface area (Å²) in [6.07, 6.45) is 1.98. The first kappa shape index (κ1) is 13.3. The highest BCUT2D eigenvalue weighted by Gasteiger charge is 2.35. The van der Waals surface area contributed by atoms with Crippen molar-refractivity contribution in [1.29, 1.82) is 0 Å². The molecule has 4 N–H and O–H groups in total. The minimum Gasteiger partial charge on any atom is -0.399 e. The van der Waals surface area contributed by atoms with Gasteiger partial charge < -0.3 is 10.8 Å². The first-order valence-electron chi connectivity index (χ1n) is 5.60. The van der Waals surface area contributed by atoms with E-state index in [0.29, 0.717) is 12.8 Å². The maximum atomic E-state index is 13.5. The van der Waals surface area contributed by atoms with E-state index in [1.165, 1.54) is 6.07 Å². The Kier molecular flexibility index (Phi) is 3.31. The lowest BCUT2D eigenvalue weighted by atomic mass is 9.81. The van der Waals surface area contributed by atoms with Crippen LogP contribution < -0.4 is 10.5 Å². The minimum absolute atomic E-state index is 0.0981. The van der Waals surface area contributed by atoms with Crippen LogP contribution in [0.2, 0.25) is 0 Å². The van der Waals surface area contributed by atoms with Crippen LogP contribution in [-0.2, 0) is 10.0 Å². The fraction of sp³-hybridized carbons (Fsp3) is 0.455. The molecule has 1 aromatic carbocycles. The molecule has 0 unspecified atom stereocenters. The molecule has 0 spiro atoms. The van der Waals surface area contributed by atoms with Crippen molar-refractivity contribution in [3.63, 3.8) is 0 Å². The van der Waals surface area contributed by atoms with Crippen molar-refractivity contribution in [3.05, 3.63) is 24.0 Å². The second-order valence-electron chi connectivity index (χ2n) is 4.59. The van der Waals surface area contributed by atoms with E-state index < -0.39 is 26.3 Å². The van der Waals surface area contributed by atoms with E-state index in [4.69, 9.17) is 5.73 Å². The fourth-order valence-corrected chi connectivity index (χ4v) is 2.98. The number of hydrogen-bond donors (Lipinski definition) is 3. The van der Waals surface area contributed by atoms with Gasteiger partial charge in [0.25, 0.3) is 0 Å². The third-order valence-corrected chi connectivity index (χ3v) is 4.56. The molecular weight excluding hydrogens is 259 g/mol. The van der Waals surface area contributed by atoms with Crippen LogP contribution in [0.4, 0.5) is 10.1 Å². The van der Waals surface area contributed by atoms with Crippen LogP contribution in [0.25, 0.3) is 0 Å². The van der Waals surface area contributed by atoms with Gasteiger partial charge >= 0.3 is 0 Å². The minimum atomic E-state index is -3.96. The Morgan fingerprint density at radius 3 is 2.61 bits per heavy atom. The van der Waals surface area contributed by atoms with Crippen molar-refractivity contribution in [2.24, 2.45) is 0 Å². The predicted molar refractivity (Wildman–Crippen MR) is 64.8 cm³/mol. The van der Waals surface area contributed by atoms with Crippen molar-refractivity contribution >= 4 is 15.7 Å². The molecule has 0 heterocycles. The topological polar surface area (TPSA) is 92.4 Å². The summed E-state index contributed by atoms with van der Waals surface area (Å²) in [7, 11) is -3.96. The fourth-order valence-electron chi connectivity index (χ4n) is 1.80. The quantitative estimate of drug-likeness (QED) is 0.701. The SMILES string of the molecule is Nc1ccc(S(=O)(=O)NCC2(O)CCC2)c(F)c1. The van der Waals surface area contributed by atoms with Crippen molar-refractivity contribution in [2.75, 3.05) is 12.3 Å². The lowest BCUT2D eigenvalue weighted by Gasteiger charge is -2.36. The van der Waals surface area contributed by atoms with E-state index in [9.17, 15) is 17.9 Å². The zero-order valence-electron chi connectivity index (χ0n) is 9.69. The molecule has 1 saturated carbocycles. The van der Waals surface area contributed by atoms with Crippen molar-refractivity contribution < 1.29 is 17.9 Å². The van der Waals surface area contributed by atoms with E-state index in [1.807, 2.05) is 0 Å². The van der Waals surface area contributed by atoms with Gasteiger partial charge in [0.1, 0.15) is 10.7 Å². The first-order chi connectivity index (χ1) is 8.32.